The molecule has 0 saturated heterocycles. The van der Waals surface area contributed by atoms with Crippen LogP contribution in [0.25, 0.3) is 11.3 Å². The second-order valence-corrected chi connectivity index (χ2v) is 5.62. The molecule has 1 unspecified atom stereocenters. The normalized spacial score (nSPS) is 15.9. The van der Waals surface area contributed by atoms with Crippen molar-refractivity contribution in [3.05, 3.63) is 51.3 Å². The molecule has 114 valence electrons. The van der Waals surface area contributed by atoms with Crippen LogP contribution in [0.15, 0.2) is 29.2 Å². The lowest BCUT2D eigenvalue weighted by Crippen LogP contribution is -2.24. The first-order valence-corrected chi connectivity index (χ1v) is 7.10. The highest BCUT2D eigenvalue weighted by atomic mass is 16.5. The summed E-state index contributed by atoms with van der Waals surface area (Å²) in [4.78, 5) is 23.2. The third kappa shape index (κ3) is 2.01. The molecular formula is C17H17NO4. The van der Waals surface area contributed by atoms with E-state index in [1.807, 2.05) is 30.5 Å². The van der Waals surface area contributed by atoms with E-state index in [1.165, 1.54) is 12.3 Å². The van der Waals surface area contributed by atoms with Crippen molar-refractivity contribution in [3.8, 4) is 17.0 Å². The number of hydrogen-bond acceptors (Lipinski definition) is 3. The zero-order chi connectivity index (χ0) is 16.0. The molecule has 5 nitrogen and oxygen atoms in total. The minimum atomic E-state index is -1.19. The molecule has 0 radical (unpaired) electrons. The fraction of sp³-hybridized carbons (Fsp3) is 0.294. The van der Waals surface area contributed by atoms with Crippen molar-refractivity contribution in [2.45, 2.75) is 26.3 Å². The Morgan fingerprint density at radius 3 is 2.77 bits per heavy atom. The molecule has 0 fully saturated rings. The maximum atomic E-state index is 12.0. The summed E-state index contributed by atoms with van der Waals surface area (Å²) in [5.41, 5.74) is 3.28. The molecule has 0 saturated carbocycles. The highest BCUT2D eigenvalue weighted by molar-refractivity contribution is 5.87. The summed E-state index contributed by atoms with van der Waals surface area (Å²) >= 11 is 0. The third-order valence-corrected chi connectivity index (χ3v) is 4.33. The minimum absolute atomic E-state index is 0.0759. The summed E-state index contributed by atoms with van der Waals surface area (Å²) in [7, 11) is 1.64. The molecule has 2 aromatic rings. The second-order valence-electron chi connectivity index (χ2n) is 5.62. The molecule has 1 aromatic heterocycles. The van der Waals surface area contributed by atoms with Crippen molar-refractivity contribution >= 4 is 5.97 Å². The molecule has 2 heterocycles. The molecule has 0 spiro atoms. The van der Waals surface area contributed by atoms with Crippen LogP contribution >= 0.6 is 0 Å². The van der Waals surface area contributed by atoms with Crippen molar-refractivity contribution in [1.82, 2.24) is 4.57 Å². The predicted molar refractivity (Wildman–Crippen MR) is 82.8 cm³/mol. The van der Waals surface area contributed by atoms with E-state index in [-0.39, 0.29) is 11.6 Å². The monoisotopic (exact) mass is 299 g/mol. The number of ether oxygens (including phenoxy) is 1. The van der Waals surface area contributed by atoms with E-state index in [9.17, 15) is 9.59 Å². The van der Waals surface area contributed by atoms with Gasteiger partial charge in [0.25, 0.3) is 0 Å². The lowest BCUT2D eigenvalue weighted by Gasteiger charge is -2.30. The lowest BCUT2D eigenvalue weighted by atomic mass is 9.89. The van der Waals surface area contributed by atoms with Crippen molar-refractivity contribution in [2.24, 2.45) is 0 Å². The van der Waals surface area contributed by atoms with Gasteiger partial charge in [-0.15, -0.1) is 0 Å². The Kier molecular flexibility index (Phi) is 3.28. The first-order chi connectivity index (χ1) is 10.4. The zero-order valence-corrected chi connectivity index (χ0v) is 12.7. The minimum Gasteiger partial charge on any atom is -0.496 e. The van der Waals surface area contributed by atoms with E-state index in [2.05, 4.69) is 0 Å². The Morgan fingerprint density at radius 2 is 2.14 bits per heavy atom. The number of rotatable bonds is 2. The van der Waals surface area contributed by atoms with E-state index in [4.69, 9.17) is 9.84 Å². The number of nitrogens with zero attached hydrogens (tertiary/aromatic N) is 1. The van der Waals surface area contributed by atoms with Crippen molar-refractivity contribution in [2.75, 3.05) is 7.11 Å². The molecule has 22 heavy (non-hydrogen) atoms. The molecule has 1 atom stereocenters. The van der Waals surface area contributed by atoms with Crippen molar-refractivity contribution in [3.63, 3.8) is 0 Å². The van der Waals surface area contributed by atoms with Crippen LogP contribution in [0.1, 0.15) is 34.5 Å². The van der Waals surface area contributed by atoms with Gasteiger partial charge in [-0.25, -0.2) is 4.79 Å². The maximum Gasteiger partial charge on any atom is 0.341 e. The maximum absolute atomic E-state index is 12.0. The van der Waals surface area contributed by atoms with Crippen LogP contribution in [0.4, 0.5) is 0 Å². The molecule has 0 aliphatic carbocycles. The van der Waals surface area contributed by atoms with Crippen LogP contribution in [0, 0.1) is 6.92 Å². The largest absolute Gasteiger partial charge is 0.496 e. The van der Waals surface area contributed by atoms with Gasteiger partial charge in [0.15, 0.2) is 5.43 Å². The summed E-state index contributed by atoms with van der Waals surface area (Å²) in [5.74, 6) is -0.367. The number of carboxylic acid groups (broad SMARTS) is 1. The molecule has 1 aliphatic heterocycles. The molecule has 0 bridgehead atoms. The second kappa shape index (κ2) is 5.02. The lowest BCUT2D eigenvalue weighted by molar-refractivity contribution is 0.0694. The van der Waals surface area contributed by atoms with Crippen LogP contribution < -0.4 is 10.2 Å². The Bertz CT molecular complexity index is 835. The topological polar surface area (TPSA) is 68.5 Å². The molecule has 1 aromatic carbocycles. The van der Waals surface area contributed by atoms with Gasteiger partial charge in [-0.05, 0) is 43.5 Å². The Hall–Kier alpha value is -2.56. The standard InChI is InChI=1S/C17H17NO4/c1-9-6-12-10(2)16(22-3)5-4-11(12)14-7-15(19)13(17(20)21)8-18(9)14/h4-5,7-9H,6H2,1-3H3,(H,20,21). The summed E-state index contributed by atoms with van der Waals surface area (Å²) < 4.78 is 7.24. The van der Waals surface area contributed by atoms with Gasteiger partial charge in [0.1, 0.15) is 11.3 Å². The number of carboxylic acids is 1. The number of pyridine rings is 1. The zero-order valence-electron chi connectivity index (χ0n) is 12.7. The predicted octanol–water partition coefficient (Wildman–Crippen LogP) is 2.65. The fourth-order valence-electron chi connectivity index (χ4n) is 3.14. The van der Waals surface area contributed by atoms with Crippen molar-refractivity contribution in [1.29, 1.82) is 0 Å². The number of carbonyl (C=O) groups is 1. The molecule has 0 amide bonds. The van der Waals surface area contributed by atoms with Gasteiger partial charge in [0.2, 0.25) is 0 Å². The number of methoxy groups -OCH3 is 1. The third-order valence-electron chi connectivity index (χ3n) is 4.33. The number of aromatic nitrogens is 1. The van der Waals surface area contributed by atoms with Crippen LogP contribution in [0.2, 0.25) is 0 Å². The fourth-order valence-corrected chi connectivity index (χ4v) is 3.14. The van der Waals surface area contributed by atoms with E-state index < -0.39 is 11.4 Å². The van der Waals surface area contributed by atoms with Gasteiger partial charge in [0, 0.05) is 23.9 Å². The van der Waals surface area contributed by atoms with E-state index >= 15 is 0 Å². The molecular weight excluding hydrogens is 282 g/mol. The first-order valence-electron chi connectivity index (χ1n) is 7.10. The van der Waals surface area contributed by atoms with E-state index in [0.717, 1.165) is 34.6 Å². The quantitative estimate of drug-likeness (QED) is 0.925. The van der Waals surface area contributed by atoms with Gasteiger partial charge in [-0.2, -0.15) is 0 Å². The highest BCUT2D eigenvalue weighted by Crippen LogP contribution is 2.38. The number of benzene rings is 1. The number of aromatic carboxylic acids is 1. The summed E-state index contributed by atoms with van der Waals surface area (Å²) in [6.07, 6.45) is 2.22. The smallest absolute Gasteiger partial charge is 0.341 e. The van der Waals surface area contributed by atoms with Crippen LogP contribution in [-0.2, 0) is 6.42 Å². The van der Waals surface area contributed by atoms with Gasteiger partial charge < -0.3 is 14.4 Å². The number of fused-ring (bicyclic) bond motifs is 3. The van der Waals surface area contributed by atoms with E-state index in [0.29, 0.717) is 0 Å². The summed E-state index contributed by atoms with van der Waals surface area (Å²) in [5, 5.41) is 9.13. The van der Waals surface area contributed by atoms with Gasteiger partial charge in [0.05, 0.1) is 12.8 Å². The van der Waals surface area contributed by atoms with Crippen molar-refractivity contribution < 1.29 is 14.6 Å². The Morgan fingerprint density at radius 1 is 1.41 bits per heavy atom. The van der Waals surface area contributed by atoms with Crippen LogP contribution in [-0.4, -0.2) is 22.8 Å². The average molecular weight is 299 g/mol. The Balaban J connectivity index is 2.30. The van der Waals surface area contributed by atoms with Crippen LogP contribution in [0.5, 0.6) is 5.75 Å². The molecule has 1 aliphatic rings. The molecule has 1 N–H and O–H groups in total. The summed E-state index contributed by atoms with van der Waals surface area (Å²) in [6.45, 7) is 4.02. The van der Waals surface area contributed by atoms with E-state index in [1.54, 1.807) is 7.11 Å². The molecule has 3 rings (SSSR count). The highest BCUT2D eigenvalue weighted by Gasteiger charge is 2.25. The van der Waals surface area contributed by atoms with Gasteiger partial charge >= 0.3 is 5.97 Å². The average Bonchev–Trinajstić information content (AvgIpc) is 2.48. The molecule has 5 heteroatoms. The summed E-state index contributed by atoms with van der Waals surface area (Å²) in [6, 6.07) is 5.30. The Labute approximate surface area is 127 Å². The van der Waals surface area contributed by atoms with Gasteiger partial charge in [-0.1, -0.05) is 0 Å². The SMILES string of the molecule is COc1ccc2c(c1C)CC(C)n1cc(C(=O)O)c(=O)cc1-2. The first kappa shape index (κ1) is 14.4. The van der Waals surface area contributed by atoms with Crippen LogP contribution in [0.3, 0.4) is 0 Å². The number of hydrogen-bond donors (Lipinski definition) is 1. The van der Waals surface area contributed by atoms with Gasteiger partial charge in [-0.3, -0.25) is 4.79 Å².